The molecule has 0 bridgehead atoms. The first-order chi connectivity index (χ1) is 12.3. The fourth-order valence-corrected chi connectivity index (χ4v) is 2.23. The molecule has 136 valence electrons. The van der Waals surface area contributed by atoms with Crippen LogP contribution in [0.2, 0.25) is 0 Å². The summed E-state index contributed by atoms with van der Waals surface area (Å²) < 4.78 is 5.59. The predicted octanol–water partition coefficient (Wildman–Crippen LogP) is 2.95. The molecule has 0 heterocycles. The third-order valence-corrected chi connectivity index (χ3v) is 3.56. The summed E-state index contributed by atoms with van der Waals surface area (Å²) in [5, 5.41) is 5.63. The number of hydrogen-bond donors (Lipinski definition) is 3. The van der Waals surface area contributed by atoms with Gasteiger partial charge in [0.15, 0.2) is 5.11 Å². The minimum Gasteiger partial charge on any atom is -0.493 e. The summed E-state index contributed by atoms with van der Waals surface area (Å²) in [5.41, 5.74) is 6.69. The van der Waals surface area contributed by atoms with E-state index in [1.807, 2.05) is 0 Å². The average molecular weight is 371 g/mol. The fourth-order valence-electron chi connectivity index (χ4n) is 2.02. The van der Waals surface area contributed by atoms with Crippen LogP contribution in [0.3, 0.4) is 0 Å². The number of carbonyl (C=O) groups excluding carboxylic acids is 2. The molecule has 2 aromatic carbocycles. The standard InChI is InChI=1S/C19H21N3O3S/c1-12(2)11-25-16-9-5-14(6-10-16)18(24)22-19(26)21-15-7-3-13(4-8-15)17(20)23/h3-10,12H,11H2,1-2H3,(H2,20,23)(H2,21,22,24,26). The second kappa shape index (κ2) is 8.96. The van der Waals surface area contributed by atoms with Gasteiger partial charge in [-0.15, -0.1) is 0 Å². The zero-order valence-electron chi connectivity index (χ0n) is 14.6. The van der Waals surface area contributed by atoms with Gasteiger partial charge in [-0.25, -0.2) is 0 Å². The number of benzene rings is 2. The van der Waals surface area contributed by atoms with Crippen LogP contribution in [0.4, 0.5) is 5.69 Å². The molecule has 0 unspecified atom stereocenters. The van der Waals surface area contributed by atoms with Crippen LogP contribution in [-0.4, -0.2) is 23.5 Å². The van der Waals surface area contributed by atoms with Gasteiger partial charge in [-0.05, 0) is 66.7 Å². The Hall–Kier alpha value is -2.93. The smallest absolute Gasteiger partial charge is 0.257 e. The molecule has 0 aliphatic carbocycles. The van der Waals surface area contributed by atoms with Crippen LogP contribution in [0.5, 0.6) is 5.75 Å². The van der Waals surface area contributed by atoms with Gasteiger partial charge < -0.3 is 15.8 Å². The van der Waals surface area contributed by atoms with Crippen LogP contribution in [0, 0.1) is 5.92 Å². The highest BCUT2D eigenvalue weighted by Crippen LogP contribution is 2.13. The molecule has 0 aliphatic rings. The normalized spacial score (nSPS) is 10.3. The summed E-state index contributed by atoms with van der Waals surface area (Å²) in [4.78, 5) is 23.3. The maximum atomic E-state index is 12.2. The number of anilines is 1. The lowest BCUT2D eigenvalue weighted by atomic mass is 10.2. The van der Waals surface area contributed by atoms with Crippen molar-refractivity contribution in [3.8, 4) is 5.75 Å². The molecule has 0 aliphatic heterocycles. The number of carbonyl (C=O) groups is 2. The molecule has 0 radical (unpaired) electrons. The minimum atomic E-state index is -0.506. The minimum absolute atomic E-state index is 0.155. The van der Waals surface area contributed by atoms with Crippen LogP contribution in [0.25, 0.3) is 0 Å². The molecule has 6 nitrogen and oxygen atoms in total. The Balaban J connectivity index is 1.90. The molecule has 2 rings (SSSR count). The Kier molecular flexibility index (Phi) is 6.68. The summed E-state index contributed by atoms with van der Waals surface area (Å²) in [6.45, 7) is 4.75. The van der Waals surface area contributed by atoms with Crippen LogP contribution in [-0.2, 0) is 0 Å². The van der Waals surface area contributed by atoms with Gasteiger partial charge in [-0.2, -0.15) is 0 Å². The van der Waals surface area contributed by atoms with E-state index >= 15 is 0 Å². The van der Waals surface area contributed by atoms with E-state index in [0.717, 1.165) is 0 Å². The molecule has 0 saturated carbocycles. The number of rotatable bonds is 6. The predicted molar refractivity (Wildman–Crippen MR) is 105 cm³/mol. The van der Waals surface area contributed by atoms with E-state index in [2.05, 4.69) is 24.5 Å². The molecule has 2 amide bonds. The van der Waals surface area contributed by atoms with Gasteiger partial charge in [0.1, 0.15) is 5.75 Å². The zero-order chi connectivity index (χ0) is 19.1. The van der Waals surface area contributed by atoms with E-state index in [9.17, 15) is 9.59 Å². The molecular formula is C19H21N3O3S. The van der Waals surface area contributed by atoms with Crippen LogP contribution >= 0.6 is 12.2 Å². The first-order valence-electron chi connectivity index (χ1n) is 8.10. The highest BCUT2D eigenvalue weighted by molar-refractivity contribution is 7.80. The maximum absolute atomic E-state index is 12.2. The highest BCUT2D eigenvalue weighted by atomic mass is 32.1. The van der Waals surface area contributed by atoms with Crippen molar-refractivity contribution < 1.29 is 14.3 Å². The van der Waals surface area contributed by atoms with E-state index in [0.29, 0.717) is 35.1 Å². The summed E-state index contributed by atoms with van der Waals surface area (Å²) in [5.74, 6) is 0.309. The monoisotopic (exact) mass is 371 g/mol. The van der Waals surface area contributed by atoms with Crippen molar-refractivity contribution in [2.24, 2.45) is 11.7 Å². The third kappa shape index (κ3) is 5.86. The lowest BCUT2D eigenvalue weighted by Crippen LogP contribution is -2.34. The first kappa shape index (κ1) is 19.4. The van der Waals surface area contributed by atoms with Gasteiger partial charge in [0.05, 0.1) is 6.61 Å². The molecule has 0 aromatic heterocycles. The van der Waals surface area contributed by atoms with Crippen molar-refractivity contribution in [3.63, 3.8) is 0 Å². The molecule has 0 spiro atoms. The number of amides is 2. The number of ether oxygens (including phenoxy) is 1. The highest BCUT2D eigenvalue weighted by Gasteiger charge is 2.09. The van der Waals surface area contributed by atoms with Gasteiger partial charge in [-0.3, -0.25) is 14.9 Å². The van der Waals surface area contributed by atoms with Crippen molar-refractivity contribution >= 4 is 34.8 Å². The lowest BCUT2D eigenvalue weighted by molar-refractivity contribution is 0.0975. The molecular weight excluding hydrogens is 350 g/mol. The van der Waals surface area contributed by atoms with Gasteiger partial charge in [-0.1, -0.05) is 13.8 Å². The van der Waals surface area contributed by atoms with Crippen LogP contribution in [0.1, 0.15) is 34.6 Å². The van der Waals surface area contributed by atoms with E-state index in [1.165, 1.54) is 0 Å². The molecule has 4 N–H and O–H groups in total. The van der Waals surface area contributed by atoms with Gasteiger partial charge in [0.2, 0.25) is 5.91 Å². The van der Waals surface area contributed by atoms with E-state index in [1.54, 1.807) is 48.5 Å². The zero-order valence-corrected chi connectivity index (χ0v) is 15.4. The van der Waals surface area contributed by atoms with Crippen molar-refractivity contribution in [2.75, 3.05) is 11.9 Å². The van der Waals surface area contributed by atoms with Gasteiger partial charge in [0.25, 0.3) is 5.91 Å². The number of thiocarbonyl (C=S) groups is 1. The SMILES string of the molecule is CC(C)COc1ccc(C(=O)NC(=S)Nc2ccc(C(N)=O)cc2)cc1. The Morgan fingerprint density at radius 2 is 1.62 bits per heavy atom. The molecule has 0 atom stereocenters. The quantitative estimate of drug-likeness (QED) is 0.679. The molecule has 26 heavy (non-hydrogen) atoms. The largest absolute Gasteiger partial charge is 0.493 e. The number of primary amides is 1. The van der Waals surface area contributed by atoms with E-state index in [4.69, 9.17) is 22.7 Å². The third-order valence-electron chi connectivity index (χ3n) is 3.35. The summed E-state index contributed by atoms with van der Waals surface area (Å²) in [7, 11) is 0. The van der Waals surface area contributed by atoms with E-state index in [-0.39, 0.29) is 11.0 Å². The van der Waals surface area contributed by atoms with Crippen molar-refractivity contribution in [1.82, 2.24) is 5.32 Å². The number of hydrogen-bond acceptors (Lipinski definition) is 4. The molecule has 7 heteroatoms. The van der Waals surface area contributed by atoms with Crippen molar-refractivity contribution in [1.29, 1.82) is 0 Å². The second-order valence-corrected chi connectivity index (χ2v) is 6.49. The molecule has 0 fully saturated rings. The topological polar surface area (TPSA) is 93.4 Å². The molecule has 2 aromatic rings. The Morgan fingerprint density at radius 3 is 2.15 bits per heavy atom. The Morgan fingerprint density at radius 1 is 1.04 bits per heavy atom. The Labute approximate surface area is 157 Å². The maximum Gasteiger partial charge on any atom is 0.257 e. The van der Waals surface area contributed by atoms with Crippen LogP contribution in [0.15, 0.2) is 48.5 Å². The van der Waals surface area contributed by atoms with Crippen LogP contribution < -0.4 is 21.1 Å². The molecule has 0 saturated heterocycles. The van der Waals surface area contributed by atoms with Crippen molar-refractivity contribution in [2.45, 2.75) is 13.8 Å². The summed E-state index contributed by atoms with van der Waals surface area (Å²) in [6.07, 6.45) is 0. The Bertz CT molecular complexity index is 787. The summed E-state index contributed by atoms with van der Waals surface area (Å²) in [6, 6.07) is 13.3. The second-order valence-electron chi connectivity index (χ2n) is 6.08. The lowest BCUT2D eigenvalue weighted by Gasteiger charge is -2.11. The van der Waals surface area contributed by atoms with Crippen molar-refractivity contribution in [3.05, 3.63) is 59.7 Å². The summed E-state index contributed by atoms with van der Waals surface area (Å²) >= 11 is 5.13. The van der Waals surface area contributed by atoms with Gasteiger partial charge >= 0.3 is 0 Å². The number of nitrogens with one attached hydrogen (secondary N) is 2. The average Bonchev–Trinajstić information content (AvgIpc) is 2.60. The number of nitrogens with two attached hydrogens (primary N) is 1. The fraction of sp³-hybridized carbons (Fsp3) is 0.211. The van der Waals surface area contributed by atoms with E-state index < -0.39 is 5.91 Å². The first-order valence-corrected chi connectivity index (χ1v) is 8.51. The van der Waals surface area contributed by atoms with Gasteiger partial charge in [0, 0.05) is 16.8 Å².